The molecule has 0 radical (unpaired) electrons. The van der Waals surface area contributed by atoms with Crippen molar-refractivity contribution in [1.82, 2.24) is 4.90 Å². The predicted octanol–water partition coefficient (Wildman–Crippen LogP) is 1.16. The number of carbonyl (C=O) groups is 1. The second-order valence-electron chi connectivity index (χ2n) is 5.15. The first-order chi connectivity index (χ1) is 9.11. The molecule has 1 aromatic rings. The number of hydrogen-bond donors (Lipinski definition) is 1. The van der Waals surface area contributed by atoms with Crippen LogP contribution in [0.1, 0.15) is 18.1 Å². The highest BCUT2D eigenvalue weighted by molar-refractivity contribution is 5.73. The van der Waals surface area contributed by atoms with Crippen molar-refractivity contribution in [2.75, 3.05) is 37.6 Å². The Kier molecular flexibility index (Phi) is 4.43. The quantitative estimate of drug-likeness (QED) is 0.888. The van der Waals surface area contributed by atoms with Crippen LogP contribution < -0.4 is 10.6 Å². The molecule has 1 fully saturated rings. The summed E-state index contributed by atoms with van der Waals surface area (Å²) in [7, 11) is 0. The van der Waals surface area contributed by atoms with Crippen molar-refractivity contribution < 1.29 is 4.79 Å². The van der Waals surface area contributed by atoms with Crippen LogP contribution in [0.3, 0.4) is 0 Å². The number of hydrogen-bond acceptors (Lipinski definition) is 3. The Morgan fingerprint density at radius 1 is 1.26 bits per heavy atom. The Bertz CT molecular complexity index is 451. The van der Waals surface area contributed by atoms with Gasteiger partial charge < -0.3 is 15.5 Å². The molecule has 1 aliphatic rings. The van der Waals surface area contributed by atoms with Crippen molar-refractivity contribution in [3.63, 3.8) is 0 Å². The van der Waals surface area contributed by atoms with E-state index in [1.807, 2.05) is 4.90 Å². The fourth-order valence-corrected chi connectivity index (χ4v) is 2.66. The van der Waals surface area contributed by atoms with E-state index in [0.717, 1.165) is 32.6 Å². The molecule has 1 aliphatic heterocycles. The lowest BCUT2D eigenvalue weighted by Crippen LogP contribution is -2.48. The monoisotopic (exact) mass is 261 g/mol. The molecule has 2 rings (SSSR count). The smallest absolute Gasteiger partial charge is 0.219 e. The van der Waals surface area contributed by atoms with Gasteiger partial charge in [-0.25, -0.2) is 0 Å². The molecule has 1 amide bonds. The molecule has 4 nitrogen and oxygen atoms in total. The van der Waals surface area contributed by atoms with Gasteiger partial charge in [-0.2, -0.15) is 0 Å². The molecule has 104 valence electrons. The maximum Gasteiger partial charge on any atom is 0.219 e. The van der Waals surface area contributed by atoms with E-state index in [1.165, 1.54) is 16.8 Å². The maximum absolute atomic E-state index is 11.3. The molecule has 0 bridgehead atoms. The van der Waals surface area contributed by atoms with Crippen molar-refractivity contribution >= 4 is 11.6 Å². The van der Waals surface area contributed by atoms with Gasteiger partial charge in [0, 0.05) is 38.8 Å². The number of amides is 1. The molecule has 0 unspecified atom stereocenters. The van der Waals surface area contributed by atoms with Crippen molar-refractivity contribution in [1.29, 1.82) is 0 Å². The summed E-state index contributed by atoms with van der Waals surface area (Å²) in [6.45, 7) is 7.94. The van der Waals surface area contributed by atoms with Gasteiger partial charge >= 0.3 is 0 Å². The number of anilines is 1. The van der Waals surface area contributed by atoms with Gasteiger partial charge in [0.2, 0.25) is 5.91 Å². The molecule has 0 saturated carbocycles. The van der Waals surface area contributed by atoms with Crippen LogP contribution in [0, 0.1) is 6.92 Å². The zero-order valence-electron chi connectivity index (χ0n) is 11.9. The van der Waals surface area contributed by atoms with E-state index < -0.39 is 0 Å². The van der Waals surface area contributed by atoms with Crippen molar-refractivity contribution in [3.05, 3.63) is 29.3 Å². The van der Waals surface area contributed by atoms with Gasteiger partial charge in [-0.15, -0.1) is 0 Å². The molecule has 0 aliphatic carbocycles. The maximum atomic E-state index is 11.3. The third kappa shape index (κ3) is 3.26. The van der Waals surface area contributed by atoms with Crippen LogP contribution in [0.25, 0.3) is 0 Å². The standard InChI is InChI=1S/C15H23N3O/c1-12-11-14(5-6-16)3-4-15(12)18-9-7-17(8-10-18)13(2)19/h3-4,11H,5-10,16H2,1-2H3. The number of carbonyl (C=O) groups excluding carboxylic acids is 1. The molecule has 1 aromatic carbocycles. The highest BCUT2D eigenvalue weighted by Crippen LogP contribution is 2.22. The summed E-state index contributed by atoms with van der Waals surface area (Å²) in [6, 6.07) is 6.57. The van der Waals surface area contributed by atoms with Crippen molar-refractivity contribution in [2.24, 2.45) is 5.73 Å². The minimum absolute atomic E-state index is 0.176. The Balaban J connectivity index is 2.05. The number of nitrogens with zero attached hydrogens (tertiary/aromatic N) is 2. The van der Waals surface area contributed by atoms with Gasteiger partial charge in [0.15, 0.2) is 0 Å². The Hall–Kier alpha value is -1.55. The number of nitrogens with two attached hydrogens (primary N) is 1. The van der Waals surface area contributed by atoms with Crippen LogP contribution in [0.15, 0.2) is 18.2 Å². The Morgan fingerprint density at radius 2 is 1.95 bits per heavy atom. The third-order valence-electron chi connectivity index (χ3n) is 3.76. The molecule has 0 spiro atoms. The van der Waals surface area contributed by atoms with E-state index in [4.69, 9.17) is 5.73 Å². The second kappa shape index (κ2) is 6.06. The van der Waals surface area contributed by atoms with Crippen LogP contribution in [0.5, 0.6) is 0 Å². The number of aryl methyl sites for hydroxylation is 1. The van der Waals surface area contributed by atoms with Gasteiger partial charge in [0.25, 0.3) is 0 Å². The summed E-state index contributed by atoms with van der Waals surface area (Å²) in [5, 5.41) is 0. The van der Waals surface area contributed by atoms with Gasteiger partial charge in [-0.1, -0.05) is 12.1 Å². The van der Waals surface area contributed by atoms with Gasteiger partial charge in [-0.05, 0) is 37.1 Å². The average molecular weight is 261 g/mol. The summed E-state index contributed by atoms with van der Waals surface area (Å²) in [6.07, 6.45) is 0.930. The Labute approximate surface area is 115 Å². The number of rotatable bonds is 3. The zero-order chi connectivity index (χ0) is 13.8. The summed E-state index contributed by atoms with van der Waals surface area (Å²) < 4.78 is 0. The van der Waals surface area contributed by atoms with Crippen LogP contribution in [0.4, 0.5) is 5.69 Å². The van der Waals surface area contributed by atoms with Crippen LogP contribution in [-0.2, 0) is 11.2 Å². The van der Waals surface area contributed by atoms with Gasteiger partial charge in [0.1, 0.15) is 0 Å². The van der Waals surface area contributed by atoms with Crippen molar-refractivity contribution in [3.8, 4) is 0 Å². The molecule has 0 atom stereocenters. The largest absolute Gasteiger partial charge is 0.368 e. The normalized spacial score (nSPS) is 15.7. The first kappa shape index (κ1) is 13.9. The summed E-state index contributed by atoms with van der Waals surface area (Å²) in [5.74, 6) is 0.176. The molecule has 1 heterocycles. The lowest BCUT2D eigenvalue weighted by atomic mass is 10.1. The van der Waals surface area contributed by atoms with Gasteiger partial charge in [-0.3, -0.25) is 4.79 Å². The Morgan fingerprint density at radius 3 is 2.47 bits per heavy atom. The van der Waals surface area contributed by atoms with E-state index in [9.17, 15) is 4.79 Å². The van der Waals surface area contributed by atoms with Crippen LogP contribution in [-0.4, -0.2) is 43.5 Å². The van der Waals surface area contributed by atoms with E-state index in [-0.39, 0.29) is 5.91 Å². The number of piperazine rings is 1. The first-order valence-electron chi connectivity index (χ1n) is 6.92. The van der Waals surface area contributed by atoms with E-state index in [0.29, 0.717) is 6.54 Å². The highest BCUT2D eigenvalue weighted by Gasteiger charge is 2.19. The van der Waals surface area contributed by atoms with E-state index in [2.05, 4.69) is 30.0 Å². The van der Waals surface area contributed by atoms with Crippen molar-refractivity contribution in [2.45, 2.75) is 20.3 Å². The molecule has 1 saturated heterocycles. The third-order valence-corrected chi connectivity index (χ3v) is 3.76. The lowest BCUT2D eigenvalue weighted by molar-refractivity contribution is -0.129. The molecule has 4 heteroatoms. The lowest BCUT2D eigenvalue weighted by Gasteiger charge is -2.36. The van der Waals surface area contributed by atoms with Crippen LogP contribution >= 0.6 is 0 Å². The molecular weight excluding hydrogens is 238 g/mol. The topological polar surface area (TPSA) is 49.6 Å². The second-order valence-corrected chi connectivity index (χ2v) is 5.15. The summed E-state index contributed by atoms with van der Waals surface area (Å²) >= 11 is 0. The average Bonchev–Trinajstić information content (AvgIpc) is 2.39. The molecule has 19 heavy (non-hydrogen) atoms. The summed E-state index contributed by atoms with van der Waals surface area (Å²) in [5.41, 5.74) is 9.46. The van der Waals surface area contributed by atoms with E-state index >= 15 is 0 Å². The predicted molar refractivity (Wildman–Crippen MR) is 78.4 cm³/mol. The highest BCUT2D eigenvalue weighted by atomic mass is 16.2. The molecule has 0 aromatic heterocycles. The SMILES string of the molecule is CC(=O)N1CCN(c2ccc(CCN)cc2C)CC1. The fraction of sp³-hybridized carbons (Fsp3) is 0.533. The van der Waals surface area contributed by atoms with Gasteiger partial charge in [0.05, 0.1) is 0 Å². The zero-order valence-corrected chi connectivity index (χ0v) is 11.9. The summed E-state index contributed by atoms with van der Waals surface area (Å²) in [4.78, 5) is 15.6. The van der Waals surface area contributed by atoms with Crippen LogP contribution in [0.2, 0.25) is 0 Å². The number of benzene rings is 1. The van der Waals surface area contributed by atoms with E-state index in [1.54, 1.807) is 6.92 Å². The molecular formula is C15H23N3O. The first-order valence-corrected chi connectivity index (χ1v) is 6.92. The molecule has 2 N–H and O–H groups in total. The fourth-order valence-electron chi connectivity index (χ4n) is 2.66. The minimum Gasteiger partial charge on any atom is -0.368 e. The minimum atomic E-state index is 0.176.